The summed E-state index contributed by atoms with van der Waals surface area (Å²) in [5.74, 6) is -0.600. The first kappa shape index (κ1) is 17.4. The monoisotopic (exact) mass is 370 g/mol. The smallest absolute Gasteiger partial charge is 0.259 e. The molecule has 1 saturated heterocycles. The number of hydrogen-bond acceptors (Lipinski definition) is 5. The molecule has 3 heterocycles. The molecular formula is C19H19FN4O3. The topological polar surface area (TPSA) is 83.6 Å². The Hall–Kier alpha value is -3.00. The summed E-state index contributed by atoms with van der Waals surface area (Å²) in [6, 6.07) is 6.17. The average Bonchev–Trinajstić information content (AvgIpc) is 2.69. The van der Waals surface area contributed by atoms with Gasteiger partial charge in [-0.3, -0.25) is 9.59 Å². The Balaban J connectivity index is 1.59. The molecule has 0 atom stereocenters. The van der Waals surface area contributed by atoms with Gasteiger partial charge in [0.1, 0.15) is 11.6 Å². The van der Waals surface area contributed by atoms with Gasteiger partial charge in [0.2, 0.25) is 5.91 Å². The highest BCUT2D eigenvalue weighted by Gasteiger charge is 2.22. The van der Waals surface area contributed by atoms with Crippen molar-refractivity contribution in [2.24, 2.45) is 0 Å². The van der Waals surface area contributed by atoms with Crippen molar-refractivity contribution < 1.29 is 18.7 Å². The van der Waals surface area contributed by atoms with Gasteiger partial charge in [-0.25, -0.2) is 9.37 Å². The van der Waals surface area contributed by atoms with Crippen molar-refractivity contribution in [1.82, 2.24) is 4.98 Å². The number of amides is 2. The molecule has 2 aromatic rings. The van der Waals surface area contributed by atoms with Crippen LogP contribution in [0.4, 0.5) is 21.6 Å². The first-order valence-corrected chi connectivity index (χ1v) is 8.83. The number of fused-ring (bicyclic) bond motifs is 1. The predicted molar refractivity (Wildman–Crippen MR) is 98.6 cm³/mol. The van der Waals surface area contributed by atoms with Gasteiger partial charge in [0, 0.05) is 31.4 Å². The van der Waals surface area contributed by atoms with E-state index >= 15 is 0 Å². The van der Waals surface area contributed by atoms with Gasteiger partial charge < -0.3 is 20.3 Å². The summed E-state index contributed by atoms with van der Waals surface area (Å²) in [7, 11) is 0. The molecule has 0 unspecified atom stereocenters. The van der Waals surface area contributed by atoms with E-state index in [1.165, 1.54) is 6.07 Å². The van der Waals surface area contributed by atoms with Gasteiger partial charge in [-0.2, -0.15) is 0 Å². The van der Waals surface area contributed by atoms with Crippen LogP contribution in [0.15, 0.2) is 30.5 Å². The number of carbonyl (C=O) groups excluding carboxylic acids is 2. The summed E-state index contributed by atoms with van der Waals surface area (Å²) in [5.41, 5.74) is 1.72. The molecule has 0 spiro atoms. The molecule has 1 fully saturated rings. The normalized spacial score (nSPS) is 16.5. The van der Waals surface area contributed by atoms with Gasteiger partial charge in [-0.15, -0.1) is 0 Å². The first-order valence-electron chi connectivity index (χ1n) is 8.83. The van der Waals surface area contributed by atoms with Crippen LogP contribution in [0.25, 0.3) is 0 Å². The Bertz CT molecular complexity index is 897. The van der Waals surface area contributed by atoms with Crippen molar-refractivity contribution in [3.63, 3.8) is 0 Å². The molecule has 140 valence electrons. The molecule has 0 saturated carbocycles. The highest BCUT2D eigenvalue weighted by molar-refractivity contribution is 6.08. The van der Waals surface area contributed by atoms with Gasteiger partial charge in [-0.1, -0.05) is 0 Å². The fourth-order valence-corrected chi connectivity index (χ4v) is 3.29. The first-order chi connectivity index (χ1) is 13.1. The fraction of sp³-hybridized carbons (Fsp3) is 0.316. The zero-order valence-corrected chi connectivity index (χ0v) is 14.6. The number of aryl methyl sites for hydroxylation is 1. The SMILES string of the molecule is O=C1CCc2cc(NC(=O)c3cccnc3N3CCOCC3)c(F)cc2N1. The van der Waals surface area contributed by atoms with Crippen LogP contribution in [0.5, 0.6) is 0 Å². The number of morpholine rings is 1. The lowest BCUT2D eigenvalue weighted by Crippen LogP contribution is -2.38. The second kappa shape index (κ2) is 7.32. The van der Waals surface area contributed by atoms with E-state index < -0.39 is 11.7 Å². The number of anilines is 3. The largest absolute Gasteiger partial charge is 0.378 e. The lowest BCUT2D eigenvalue weighted by molar-refractivity contribution is -0.116. The van der Waals surface area contributed by atoms with E-state index in [2.05, 4.69) is 15.6 Å². The molecule has 2 aliphatic heterocycles. The van der Waals surface area contributed by atoms with Crippen molar-refractivity contribution in [3.8, 4) is 0 Å². The maximum Gasteiger partial charge on any atom is 0.259 e. The molecule has 2 amide bonds. The van der Waals surface area contributed by atoms with E-state index in [1.54, 1.807) is 24.4 Å². The van der Waals surface area contributed by atoms with Crippen LogP contribution >= 0.6 is 0 Å². The van der Waals surface area contributed by atoms with Crippen molar-refractivity contribution >= 4 is 29.0 Å². The van der Waals surface area contributed by atoms with E-state index in [0.717, 1.165) is 5.56 Å². The molecule has 4 rings (SSSR count). The number of nitrogens with zero attached hydrogens (tertiary/aromatic N) is 2. The van der Waals surface area contributed by atoms with Gasteiger partial charge in [0.05, 0.1) is 24.5 Å². The standard InChI is InChI=1S/C19H19FN4O3/c20-14-11-15-12(3-4-17(25)22-15)10-16(14)23-19(26)13-2-1-5-21-18(13)24-6-8-27-9-7-24/h1-2,5,10-11H,3-4,6-9H2,(H,22,25)(H,23,26). The predicted octanol–water partition coefficient (Wildman–Crippen LogP) is 2.19. The molecule has 1 aromatic carbocycles. The van der Waals surface area contributed by atoms with E-state index in [-0.39, 0.29) is 11.6 Å². The maximum atomic E-state index is 14.4. The summed E-state index contributed by atoms with van der Waals surface area (Å²) in [4.78, 5) is 30.6. The Labute approximate surface area is 155 Å². The number of carbonyl (C=O) groups is 2. The highest BCUT2D eigenvalue weighted by Crippen LogP contribution is 2.29. The van der Waals surface area contributed by atoms with E-state index in [0.29, 0.717) is 56.2 Å². The van der Waals surface area contributed by atoms with Crippen LogP contribution in [0, 0.1) is 5.82 Å². The highest BCUT2D eigenvalue weighted by atomic mass is 19.1. The summed E-state index contributed by atoms with van der Waals surface area (Å²) >= 11 is 0. The second-order valence-corrected chi connectivity index (χ2v) is 6.47. The van der Waals surface area contributed by atoms with Crippen molar-refractivity contribution in [2.45, 2.75) is 12.8 Å². The third-order valence-corrected chi connectivity index (χ3v) is 4.68. The van der Waals surface area contributed by atoms with Crippen LogP contribution in [0.3, 0.4) is 0 Å². The number of ether oxygens (including phenoxy) is 1. The Morgan fingerprint density at radius 2 is 2.07 bits per heavy atom. The van der Waals surface area contributed by atoms with Gasteiger partial charge >= 0.3 is 0 Å². The molecule has 0 bridgehead atoms. The molecule has 2 aliphatic rings. The van der Waals surface area contributed by atoms with Gasteiger partial charge in [0.15, 0.2) is 0 Å². The number of halogens is 1. The Morgan fingerprint density at radius 3 is 2.89 bits per heavy atom. The molecule has 0 radical (unpaired) electrons. The second-order valence-electron chi connectivity index (χ2n) is 6.47. The maximum absolute atomic E-state index is 14.4. The Kier molecular flexibility index (Phi) is 4.72. The molecule has 2 N–H and O–H groups in total. The molecule has 7 nitrogen and oxygen atoms in total. The Morgan fingerprint density at radius 1 is 1.26 bits per heavy atom. The molecular weight excluding hydrogens is 351 g/mol. The molecule has 0 aliphatic carbocycles. The molecule has 8 heteroatoms. The zero-order valence-electron chi connectivity index (χ0n) is 14.6. The number of benzene rings is 1. The minimum Gasteiger partial charge on any atom is -0.378 e. The number of nitrogens with one attached hydrogen (secondary N) is 2. The lowest BCUT2D eigenvalue weighted by Gasteiger charge is -2.29. The van der Waals surface area contributed by atoms with Crippen LogP contribution < -0.4 is 15.5 Å². The summed E-state index contributed by atoms with van der Waals surface area (Å²) in [6.45, 7) is 2.43. The quantitative estimate of drug-likeness (QED) is 0.865. The molecule has 27 heavy (non-hydrogen) atoms. The minimum atomic E-state index is -0.596. The third kappa shape index (κ3) is 3.61. The van der Waals surface area contributed by atoms with E-state index in [9.17, 15) is 14.0 Å². The summed E-state index contributed by atoms with van der Waals surface area (Å²) < 4.78 is 19.8. The summed E-state index contributed by atoms with van der Waals surface area (Å²) in [5, 5.41) is 5.29. The van der Waals surface area contributed by atoms with Crippen molar-refractivity contribution in [2.75, 3.05) is 41.8 Å². The van der Waals surface area contributed by atoms with E-state index in [1.807, 2.05) is 4.90 Å². The van der Waals surface area contributed by atoms with Crippen molar-refractivity contribution in [3.05, 3.63) is 47.4 Å². The van der Waals surface area contributed by atoms with Crippen LogP contribution in [-0.2, 0) is 16.0 Å². The van der Waals surface area contributed by atoms with Crippen molar-refractivity contribution in [1.29, 1.82) is 0 Å². The minimum absolute atomic E-state index is 0.0895. The third-order valence-electron chi connectivity index (χ3n) is 4.68. The average molecular weight is 370 g/mol. The number of hydrogen-bond donors (Lipinski definition) is 2. The lowest BCUT2D eigenvalue weighted by atomic mass is 10.0. The van der Waals surface area contributed by atoms with Crippen LogP contribution in [-0.4, -0.2) is 43.1 Å². The van der Waals surface area contributed by atoms with Crippen LogP contribution in [0.2, 0.25) is 0 Å². The van der Waals surface area contributed by atoms with Crippen LogP contribution in [0.1, 0.15) is 22.3 Å². The van der Waals surface area contributed by atoms with E-state index in [4.69, 9.17) is 4.74 Å². The number of aromatic nitrogens is 1. The number of rotatable bonds is 3. The summed E-state index contributed by atoms with van der Waals surface area (Å²) in [6.07, 6.45) is 2.48. The molecule has 1 aromatic heterocycles. The fourth-order valence-electron chi connectivity index (χ4n) is 3.29. The van der Waals surface area contributed by atoms with Gasteiger partial charge in [-0.05, 0) is 36.2 Å². The number of pyridine rings is 1. The van der Waals surface area contributed by atoms with Gasteiger partial charge in [0.25, 0.3) is 5.91 Å². The zero-order chi connectivity index (χ0) is 18.8.